The maximum atomic E-state index is 3.51. The normalized spacial score (nSPS) is 33.8. The van der Waals surface area contributed by atoms with Gasteiger partial charge in [0.15, 0.2) is 0 Å². The van der Waals surface area contributed by atoms with Gasteiger partial charge in [0.25, 0.3) is 0 Å². The smallest absolute Gasteiger partial charge is 0.0116 e. The molecular weight excluding hydrogens is 220 g/mol. The van der Waals surface area contributed by atoms with Gasteiger partial charge in [0.1, 0.15) is 0 Å². The molecule has 2 aliphatic rings. The summed E-state index contributed by atoms with van der Waals surface area (Å²) in [7, 11) is 2.14. The number of piperidine rings is 1. The number of nitrogens with zero attached hydrogens (tertiary/aromatic N) is 1. The highest BCUT2D eigenvalue weighted by molar-refractivity contribution is 4.99. The first-order valence-corrected chi connectivity index (χ1v) is 8.24. The molecule has 2 rings (SSSR count). The summed E-state index contributed by atoms with van der Waals surface area (Å²) in [4.78, 5) is 2.94. The summed E-state index contributed by atoms with van der Waals surface area (Å²) in [5.41, 5.74) is 0. The molecule has 3 atom stereocenters. The molecule has 0 radical (unpaired) electrons. The van der Waals surface area contributed by atoms with Crippen molar-refractivity contribution in [3.05, 3.63) is 0 Å². The fourth-order valence-corrected chi connectivity index (χ4v) is 4.26. The van der Waals surface area contributed by atoms with Crippen molar-refractivity contribution in [3.8, 4) is 0 Å². The van der Waals surface area contributed by atoms with Crippen molar-refractivity contribution < 1.29 is 0 Å². The molecule has 0 amide bonds. The van der Waals surface area contributed by atoms with Crippen molar-refractivity contribution in [2.75, 3.05) is 7.05 Å². The Balaban J connectivity index is 1.98. The summed E-state index contributed by atoms with van der Waals surface area (Å²) < 4.78 is 0. The third-order valence-corrected chi connectivity index (χ3v) is 5.13. The fraction of sp³-hybridized carbons (Fsp3) is 1.00. The van der Waals surface area contributed by atoms with Crippen LogP contribution < -0.4 is 5.32 Å². The van der Waals surface area contributed by atoms with Crippen molar-refractivity contribution in [2.45, 2.75) is 95.8 Å². The van der Waals surface area contributed by atoms with E-state index in [1.807, 2.05) is 0 Å². The number of rotatable bonds is 7. The number of hydrogen-bond acceptors (Lipinski definition) is 2. The molecule has 2 aliphatic heterocycles. The largest absolute Gasteiger partial charge is 0.317 e. The Morgan fingerprint density at radius 3 is 2.22 bits per heavy atom. The van der Waals surface area contributed by atoms with Crippen molar-refractivity contribution >= 4 is 0 Å². The predicted octanol–water partition coefficient (Wildman–Crippen LogP) is 3.56. The van der Waals surface area contributed by atoms with E-state index in [1.54, 1.807) is 0 Å². The van der Waals surface area contributed by atoms with E-state index < -0.39 is 0 Å². The first-order chi connectivity index (χ1) is 8.80. The van der Waals surface area contributed by atoms with E-state index in [-0.39, 0.29) is 0 Å². The lowest BCUT2D eigenvalue weighted by molar-refractivity contribution is 0.0611. The Labute approximate surface area is 114 Å². The first-order valence-electron chi connectivity index (χ1n) is 8.24. The summed E-state index contributed by atoms with van der Waals surface area (Å²) in [5.74, 6) is 0. The van der Waals surface area contributed by atoms with E-state index in [0.717, 1.165) is 24.2 Å². The third-order valence-electron chi connectivity index (χ3n) is 5.13. The van der Waals surface area contributed by atoms with Crippen LogP contribution in [0.2, 0.25) is 0 Å². The molecule has 106 valence electrons. The van der Waals surface area contributed by atoms with Gasteiger partial charge in [-0.25, -0.2) is 0 Å². The van der Waals surface area contributed by atoms with Crippen LogP contribution in [0, 0.1) is 0 Å². The summed E-state index contributed by atoms with van der Waals surface area (Å²) >= 11 is 0. The molecule has 3 unspecified atom stereocenters. The summed E-state index contributed by atoms with van der Waals surface area (Å²) in [5, 5.41) is 3.51. The zero-order valence-corrected chi connectivity index (χ0v) is 12.6. The molecule has 2 heteroatoms. The van der Waals surface area contributed by atoms with E-state index in [0.29, 0.717) is 0 Å². The number of fused-ring (bicyclic) bond motifs is 2. The molecule has 18 heavy (non-hydrogen) atoms. The average molecular weight is 252 g/mol. The van der Waals surface area contributed by atoms with Crippen LogP contribution in [0.5, 0.6) is 0 Å². The molecular formula is C16H32N2. The lowest BCUT2D eigenvalue weighted by Gasteiger charge is -2.44. The van der Waals surface area contributed by atoms with Crippen LogP contribution in [0.15, 0.2) is 0 Å². The Morgan fingerprint density at radius 1 is 1.06 bits per heavy atom. The molecule has 2 saturated heterocycles. The van der Waals surface area contributed by atoms with Gasteiger partial charge in [-0.1, -0.05) is 33.1 Å². The monoisotopic (exact) mass is 252 g/mol. The van der Waals surface area contributed by atoms with Crippen molar-refractivity contribution in [2.24, 2.45) is 0 Å². The Kier molecular flexibility index (Phi) is 5.50. The lowest BCUT2D eigenvalue weighted by atomic mass is 9.92. The van der Waals surface area contributed by atoms with Crippen molar-refractivity contribution in [3.63, 3.8) is 0 Å². The molecule has 2 fully saturated rings. The molecule has 2 bridgehead atoms. The third kappa shape index (κ3) is 3.08. The number of hydrogen-bond donors (Lipinski definition) is 1. The molecule has 0 aromatic carbocycles. The van der Waals surface area contributed by atoms with E-state index in [4.69, 9.17) is 0 Å². The van der Waals surface area contributed by atoms with Crippen molar-refractivity contribution in [1.82, 2.24) is 10.2 Å². The maximum Gasteiger partial charge on any atom is 0.0116 e. The average Bonchev–Trinajstić information content (AvgIpc) is 2.65. The highest BCUT2D eigenvalue weighted by Crippen LogP contribution is 2.39. The van der Waals surface area contributed by atoms with Crippen LogP contribution in [0.25, 0.3) is 0 Å². The van der Waals surface area contributed by atoms with Crippen LogP contribution >= 0.6 is 0 Å². The quantitative estimate of drug-likeness (QED) is 0.745. The Bertz CT molecular complexity index is 227. The van der Waals surface area contributed by atoms with Crippen LogP contribution in [0.4, 0.5) is 0 Å². The van der Waals surface area contributed by atoms with Crippen LogP contribution in [-0.2, 0) is 0 Å². The molecule has 0 spiro atoms. The van der Waals surface area contributed by atoms with E-state index in [9.17, 15) is 0 Å². The molecule has 0 aromatic heterocycles. The van der Waals surface area contributed by atoms with Gasteiger partial charge in [-0.2, -0.15) is 0 Å². The van der Waals surface area contributed by atoms with Gasteiger partial charge in [0.2, 0.25) is 0 Å². The minimum atomic E-state index is 0.784. The number of unbranched alkanes of at least 4 members (excludes halogenated alkanes) is 1. The Hall–Kier alpha value is -0.0800. The molecule has 1 N–H and O–H groups in total. The van der Waals surface area contributed by atoms with Crippen molar-refractivity contribution in [1.29, 1.82) is 0 Å². The highest BCUT2D eigenvalue weighted by atomic mass is 15.3. The molecule has 0 aliphatic carbocycles. The van der Waals surface area contributed by atoms with E-state index in [2.05, 4.69) is 31.1 Å². The standard InChI is InChI=1S/C16H32N2/c1-4-6-8-14(7-5-2)18-15-9-10-16(18)12-13(11-15)17-3/h13-17H,4-12H2,1-3H3. The molecule has 2 nitrogen and oxygen atoms in total. The lowest BCUT2D eigenvalue weighted by Crippen LogP contribution is -2.52. The predicted molar refractivity (Wildman–Crippen MR) is 79.0 cm³/mol. The Morgan fingerprint density at radius 2 is 1.72 bits per heavy atom. The summed E-state index contributed by atoms with van der Waals surface area (Å²) in [6, 6.07) is 3.43. The minimum absolute atomic E-state index is 0.784. The summed E-state index contributed by atoms with van der Waals surface area (Å²) in [6.45, 7) is 4.67. The van der Waals surface area contributed by atoms with Gasteiger partial charge in [-0.05, 0) is 45.6 Å². The zero-order valence-electron chi connectivity index (χ0n) is 12.6. The second kappa shape index (κ2) is 6.91. The number of nitrogens with one attached hydrogen (secondary N) is 1. The van der Waals surface area contributed by atoms with E-state index >= 15 is 0 Å². The van der Waals surface area contributed by atoms with Gasteiger partial charge >= 0.3 is 0 Å². The van der Waals surface area contributed by atoms with Crippen LogP contribution in [-0.4, -0.2) is 36.1 Å². The van der Waals surface area contributed by atoms with Gasteiger partial charge in [-0.15, -0.1) is 0 Å². The molecule has 0 aromatic rings. The highest BCUT2D eigenvalue weighted by Gasteiger charge is 2.42. The zero-order chi connectivity index (χ0) is 13.0. The van der Waals surface area contributed by atoms with Gasteiger partial charge in [0, 0.05) is 24.2 Å². The fourth-order valence-electron chi connectivity index (χ4n) is 4.26. The van der Waals surface area contributed by atoms with Crippen LogP contribution in [0.3, 0.4) is 0 Å². The first kappa shape index (κ1) is 14.3. The molecule has 2 heterocycles. The SMILES string of the molecule is CCCCC(CCC)N1C2CCC1CC(NC)C2. The topological polar surface area (TPSA) is 15.3 Å². The van der Waals surface area contributed by atoms with Gasteiger partial charge in [-0.3, -0.25) is 4.90 Å². The van der Waals surface area contributed by atoms with Gasteiger partial charge in [0.05, 0.1) is 0 Å². The minimum Gasteiger partial charge on any atom is -0.317 e. The van der Waals surface area contributed by atoms with E-state index in [1.165, 1.54) is 57.8 Å². The van der Waals surface area contributed by atoms with Gasteiger partial charge < -0.3 is 5.32 Å². The summed E-state index contributed by atoms with van der Waals surface area (Å²) in [6.07, 6.45) is 12.6. The maximum absolute atomic E-state index is 3.51. The molecule has 0 saturated carbocycles. The second-order valence-corrected chi connectivity index (χ2v) is 6.37. The van der Waals surface area contributed by atoms with Crippen LogP contribution in [0.1, 0.15) is 71.6 Å². The second-order valence-electron chi connectivity index (χ2n) is 6.37.